The molecule has 2 aromatic rings. The Hall–Kier alpha value is -2.96. The molecular formula is C29H29N3O3. The van der Waals surface area contributed by atoms with Crippen LogP contribution in [0.25, 0.3) is 0 Å². The van der Waals surface area contributed by atoms with Gasteiger partial charge in [0, 0.05) is 35.8 Å². The SMILES string of the molecule is COc1ccc(C=Nc2ccc3c(c2)[C@]24CCN5CC6=CCO[C@H]7CC(=O)N3[C@H]2[C@H]7[C@H]6C[C@@H]54)cc1. The number of carbonyl (C=O) groups excluding carboxylic acids is 1. The second-order valence-electron chi connectivity index (χ2n) is 11.0. The van der Waals surface area contributed by atoms with Crippen molar-refractivity contribution in [1.29, 1.82) is 0 Å². The Morgan fingerprint density at radius 1 is 1.20 bits per heavy atom. The van der Waals surface area contributed by atoms with Crippen LogP contribution in [-0.2, 0) is 14.9 Å². The number of amides is 1. The molecule has 0 aromatic heterocycles. The maximum atomic E-state index is 13.6. The summed E-state index contributed by atoms with van der Waals surface area (Å²) < 4.78 is 11.6. The predicted octanol–water partition coefficient (Wildman–Crippen LogP) is 3.85. The minimum Gasteiger partial charge on any atom is -0.497 e. The molecule has 6 nitrogen and oxygen atoms in total. The quantitative estimate of drug-likeness (QED) is 0.508. The van der Waals surface area contributed by atoms with Gasteiger partial charge in [-0.15, -0.1) is 0 Å². The number of benzene rings is 2. The van der Waals surface area contributed by atoms with Gasteiger partial charge in [-0.25, -0.2) is 0 Å². The molecule has 6 heteroatoms. The number of ether oxygens (including phenoxy) is 2. The van der Waals surface area contributed by atoms with Crippen LogP contribution < -0.4 is 9.64 Å². The van der Waals surface area contributed by atoms with Crippen LogP contribution in [0, 0.1) is 11.8 Å². The number of nitrogens with zero attached hydrogens (tertiary/aromatic N) is 3. The molecule has 178 valence electrons. The largest absolute Gasteiger partial charge is 0.497 e. The van der Waals surface area contributed by atoms with Gasteiger partial charge in [0.2, 0.25) is 5.91 Å². The van der Waals surface area contributed by atoms with E-state index in [0.717, 1.165) is 42.2 Å². The first-order valence-electron chi connectivity index (χ1n) is 12.9. The number of piperidine rings is 2. The van der Waals surface area contributed by atoms with E-state index in [9.17, 15) is 4.79 Å². The van der Waals surface area contributed by atoms with Crippen LogP contribution in [0.3, 0.4) is 0 Å². The van der Waals surface area contributed by atoms with E-state index in [1.165, 1.54) is 12.0 Å². The standard InChI is InChI=1S/C29H29N3O3/c1-34-20-5-2-17(3-6-20)15-30-19-4-7-23-22(12-19)29-9-10-31-16-18-8-11-35-24-14-26(33)32(23)28(29)27(24)21(18)13-25(29)31/h2-8,12,15,21,24-25,27-28H,9-11,13-14,16H2,1H3/t21-,24-,25+,27-,28-,29-/m0/s1. The predicted molar refractivity (Wildman–Crippen MR) is 134 cm³/mol. The van der Waals surface area contributed by atoms with Crippen LogP contribution in [-0.4, -0.2) is 62.0 Å². The van der Waals surface area contributed by atoms with Gasteiger partial charge in [0.1, 0.15) is 5.75 Å². The van der Waals surface area contributed by atoms with Gasteiger partial charge in [-0.05, 0) is 78.9 Å². The zero-order valence-corrected chi connectivity index (χ0v) is 19.9. The fraction of sp³-hybridized carbons (Fsp3) is 0.448. The van der Waals surface area contributed by atoms with Gasteiger partial charge in [-0.2, -0.15) is 0 Å². The molecule has 2 bridgehead atoms. The fourth-order valence-electron chi connectivity index (χ4n) is 8.46. The molecule has 6 atom stereocenters. The summed E-state index contributed by atoms with van der Waals surface area (Å²) in [5, 5.41) is 0. The Labute approximate surface area is 205 Å². The average molecular weight is 468 g/mol. The molecule has 1 amide bonds. The molecule has 4 fully saturated rings. The Balaban J connectivity index is 1.25. The lowest BCUT2D eigenvalue weighted by Crippen LogP contribution is -2.69. The maximum Gasteiger partial charge on any atom is 0.229 e. The fourth-order valence-corrected chi connectivity index (χ4v) is 8.46. The summed E-state index contributed by atoms with van der Waals surface area (Å²) >= 11 is 0. The molecule has 5 heterocycles. The first-order chi connectivity index (χ1) is 17.2. The molecule has 1 spiro atoms. The topological polar surface area (TPSA) is 54.4 Å². The van der Waals surface area contributed by atoms with Gasteiger partial charge < -0.3 is 14.4 Å². The molecular weight excluding hydrogens is 438 g/mol. The van der Waals surface area contributed by atoms with Crippen molar-refractivity contribution in [2.24, 2.45) is 16.8 Å². The molecule has 35 heavy (non-hydrogen) atoms. The second kappa shape index (κ2) is 7.05. The first kappa shape index (κ1) is 20.3. The van der Waals surface area contributed by atoms with Crippen molar-refractivity contribution in [2.45, 2.75) is 42.9 Å². The van der Waals surface area contributed by atoms with Gasteiger partial charge in [0.15, 0.2) is 0 Å². The Morgan fingerprint density at radius 2 is 2.09 bits per heavy atom. The van der Waals surface area contributed by atoms with Gasteiger partial charge in [-0.3, -0.25) is 14.7 Å². The zero-order valence-electron chi connectivity index (χ0n) is 19.9. The van der Waals surface area contributed by atoms with E-state index in [4.69, 9.17) is 14.5 Å². The van der Waals surface area contributed by atoms with Gasteiger partial charge in [0.25, 0.3) is 0 Å². The minimum absolute atomic E-state index is 0.0182. The highest BCUT2D eigenvalue weighted by atomic mass is 16.5. The summed E-state index contributed by atoms with van der Waals surface area (Å²) in [7, 11) is 1.68. The molecule has 2 aromatic carbocycles. The van der Waals surface area contributed by atoms with Crippen LogP contribution >= 0.6 is 0 Å². The molecule has 0 N–H and O–H groups in total. The monoisotopic (exact) mass is 467 g/mol. The number of fused-ring (bicyclic) bond motifs is 2. The third-order valence-electron chi connectivity index (χ3n) is 9.77. The highest BCUT2D eigenvalue weighted by molar-refractivity contribution is 5.99. The van der Waals surface area contributed by atoms with Gasteiger partial charge >= 0.3 is 0 Å². The van der Waals surface area contributed by atoms with Crippen LogP contribution in [0.15, 0.2) is 59.1 Å². The molecule has 3 saturated heterocycles. The number of anilines is 1. The van der Waals surface area contributed by atoms with E-state index in [1.807, 2.05) is 30.5 Å². The number of hydrogen-bond donors (Lipinski definition) is 0. The number of methoxy groups -OCH3 is 1. The lowest BCUT2D eigenvalue weighted by molar-refractivity contribution is -0.132. The maximum absolute atomic E-state index is 13.6. The van der Waals surface area contributed by atoms with Crippen molar-refractivity contribution in [3.63, 3.8) is 0 Å². The van der Waals surface area contributed by atoms with Crippen LogP contribution in [0.5, 0.6) is 5.75 Å². The van der Waals surface area contributed by atoms with Crippen LogP contribution in [0.1, 0.15) is 30.4 Å². The van der Waals surface area contributed by atoms with E-state index in [0.29, 0.717) is 30.9 Å². The summed E-state index contributed by atoms with van der Waals surface area (Å²) in [6.07, 6.45) is 7.07. The van der Waals surface area contributed by atoms with Crippen molar-refractivity contribution in [3.05, 3.63) is 65.2 Å². The van der Waals surface area contributed by atoms with E-state index >= 15 is 0 Å². The summed E-state index contributed by atoms with van der Waals surface area (Å²) in [5.41, 5.74) is 5.98. The van der Waals surface area contributed by atoms with Crippen molar-refractivity contribution >= 4 is 23.5 Å². The molecule has 1 aliphatic carbocycles. The van der Waals surface area contributed by atoms with Crippen molar-refractivity contribution < 1.29 is 14.3 Å². The normalized spacial score (nSPS) is 36.3. The van der Waals surface area contributed by atoms with E-state index in [-0.39, 0.29) is 23.5 Å². The Kier molecular flexibility index (Phi) is 4.08. The number of hydrogen-bond acceptors (Lipinski definition) is 5. The highest BCUT2D eigenvalue weighted by Gasteiger charge is 2.71. The van der Waals surface area contributed by atoms with Crippen LogP contribution in [0.4, 0.5) is 11.4 Å². The Bertz CT molecular complexity index is 1300. The summed E-state index contributed by atoms with van der Waals surface area (Å²) in [4.78, 5) is 23.3. The highest BCUT2D eigenvalue weighted by Crippen LogP contribution is 2.66. The van der Waals surface area contributed by atoms with E-state index in [1.54, 1.807) is 12.7 Å². The molecule has 1 saturated carbocycles. The van der Waals surface area contributed by atoms with Crippen molar-refractivity contribution in [3.8, 4) is 5.75 Å². The number of carbonyl (C=O) groups is 1. The summed E-state index contributed by atoms with van der Waals surface area (Å²) in [6, 6.07) is 15.1. The number of rotatable bonds is 3. The van der Waals surface area contributed by atoms with E-state index in [2.05, 4.69) is 34.1 Å². The minimum atomic E-state index is -0.0182. The van der Waals surface area contributed by atoms with Gasteiger partial charge in [-0.1, -0.05) is 11.6 Å². The Morgan fingerprint density at radius 3 is 2.94 bits per heavy atom. The summed E-state index contributed by atoms with van der Waals surface area (Å²) in [6.45, 7) is 2.81. The first-order valence-corrected chi connectivity index (χ1v) is 12.9. The molecule has 5 aliphatic heterocycles. The second-order valence-corrected chi connectivity index (χ2v) is 11.0. The number of aliphatic imine (C=N–C) groups is 1. The van der Waals surface area contributed by atoms with Crippen molar-refractivity contribution in [1.82, 2.24) is 4.90 Å². The zero-order chi connectivity index (χ0) is 23.3. The third kappa shape index (κ3) is 2.56. The molecule has 8 rings (SSSR count). The lowest BCUT2D eigenvalue weighted by atomic mass is 9.53. The smallest absolute Gasteiger partial charge is 0.229 e. The lowest BCUT2D eigenvalue weighted by Gasteiger charge is -2.58. The average Bonchev–Trinajstić information content (AvgIpc) is 3.35. The third-order valence-corrected chi connectivity index (χ3v) is 9.77. The van der Waals surface area contributed by atoms with Gasteiger partial charge in [0.05, 0.1) is 38.0 Å². The molecule has 6 aliphatic rings. The molecule has 0 unspecified atom stereocenters. The summed E-state index contributed by atoms with van der Waals surface area (Å²) in [5.74, 6) is 1.99. The molecule has 0 radical (unpaired) electrons. The van der Waals surface area contributed by atoms with E-state index < -0.39 is 0 Å². The van der Waals surface area contributed by atoms with Crippen LogP contribution in [0.2, 0.25) is 0 Å². The van der Waals surface area contributed by atoms with Crippen molar-refractivity contribution in [2.75, 3.05) is 31.7 Å².